The molecule has 0 aliphatic carbocycles. The van der Waals surface area contributed by atoms with Gasteiger partial charge < -0.3 is 9.73 Å². The number of nitrogens with zero attached hydrogens (tertiary/aromatic N) is 1. The van der Waals surface area contributed by atoms with Gasteiger partial charge in [-0.2, -0.15) is 0 Å². The summed E-state index contributed by atoms with van der Waals surface area (Å²) >= 11 is 4.77. The lowest BCUT2D eigenvalue weighted by molar-refractivity contribution is 0.0947. The van der Waals surface area contributed by atoms with Crippen LogP contribution < -0.4 is 10.5 Å². The third-order valence-corrected chi connectivity index (χ3v) is 6.75. The Hall–Kier alpha value is -2.53. The van der Waals surface area contributed by atoms with E-state index in [1.165, 1.54) is 29.5 Å². The number of aromatic nitrogens is 1. The first-order valence-corrected chi connectivity index (χ1v) is 11.5. The predicted molar refractivity (Wildman–Crippen MR) is 114 cm³/mol. The molecule has 0 atom stereocenters. The van der Waals surface area contributed by atoms with Crippen molar-refractivity contribution < 1.29 is 17.6 Å². The third kappa shape index (κ3) is 4.25. The number of rotatable bonds is 5. The number of para-hydroxylation sites is 1. The first kappa shape index (κ1) is 19.8. The van der Waals surface area contributed by atoms with Crippen molar-refractivity contribution in [2.45, 2.75) is 11.4 Å². The third-order valence-electron chi connectivity index (χ3n) is 4.10. The average Bonchev–Trinajstić information content (AvgIpc) is 3.32. The molecule has 10 heteroatoms. The van der Waals surface area contributed by atoms with Crippen molar-refractivity contribution in [2.24, 2.45) is 5.14 Å². The molecule has 4 rings (SSSR count). The Morgan fingerprint density at radius 2 is 1.97 bits per heavy atom. The van der Waals surface area contributed by atoms with Crippen molar-refractivity contribution in [2.75, 3.05) is 0 Å². The van der Waals surface area contributed by atoms with Crippen LogP contribution in [0.5, 0.6) is 0 Å². The summed E-state index contributed by atoms with van der Waals surface area (Å²) in [6.07, 6.45) is 0. The zero-order chi connectivity index (χ0) is 20.6. The molecule has 0 aliphatic heterocycles. The molecule has 7 nitrogen and oxygen atoms in total. The number of fused-ring (bicyclic) bond motifs is 1. The lowest BCUT2D eigenvalue weighted by atomic mass is 10.2. The fourth-order valence-electron chi connectivity index (χ4n) is 2.68. The van der Waals surface area contributed by atoms with Crippen LogP contribution in [0.15, 0.2) is 68.4 Å². The number of amides is 1. The van der Waals surface area contributed by atoms with E-state index in [0.717, 1.165) is 15.2 Å². The summed E-state index contributed by atoms with van der Waals surface area (Å²) in [5.41, 5.74) is 1.06. The van der Waals surface area contributed by atoms with Gasteiger partial charge in [-0.25, -0.2) is 18.5 Å². The van der Waals surface area contributed by atoms with Crippen molar-refractivity contribution in [1.82, 2.24) is 10.3 Å². The van der Waals surface area contributed by atoms with Crippen LogP contribution in [0.2, 0.25) is 0 Å². The topological polar surface area (TPSA) is 115 Å². The number of thiazole rings is 1. The summed E-state index contributed by atoms with van der Waals surface area (Å²) in [4.78, 5) is 16.9. The van der Waals surface area contributed by atoms with Gasteiger partial charge in [0.2, 0.25) is 10.0 Å². The molecule has 0 aliphatic rings. The number of carbonyl (C=O) groups excluding carboxylic acids is 1. The molecule has 2 aromatic carbocycles. The molecule has 0 spiro atoms. The van der Waals surface area contributed by atoms with Crippen molar-refractivity contribution in [3.63, 3.8) is 0 Å². The van der Waals surface area contributed by atoms with Gasteiger partial charge in [0.25, 0.3) is 5.91 Å². The molecule has 0 unspecified atom stereocenters. The van der Waals surface area contributed by atoms with E-state index >= 15 is 0 Å². The largest absolute Gasteiger partial charge is 0.457 e. The number of benzene rings is 2. The van der Waals surface area contributed by atoms with E-state index in [2.05, 4.69) is 26.2 Å². The predicted octanol–water partition coefficient (Wildman–Crippen LogP) is 3.90. The molecule has 0 saturated carbocycles. The van der Waals surface area contributed by atoms with Crippen LogP contribution >= 0.6 is 27.3 Å². The molecular formula is C19H14BrN3O4S2. The van der Waals surface area contributed by atoms with Crippen molar-refractivity contribution >= 4 is 53.4 Å². The van der Waals surface area contributed by atoms with Gasteiger partial charge in [-0.1, -0.05) is 12.1 Å². The average molecular weight is 492 g/mol. The Balaban J connectivity index is 1.49. The fraction of sp³-hybridized carbons (Fsp3) is 0.0526. The highest BCUT2D eigenvalue weighted by Crippen LogP contribution is 2.31. The molecule has 4 aromatic rings. The van der Waals surface area contributed by atoms with Crippen molar-refractivity contribution in [3.8, 4) is 10.8 Å². The van der Waals surface area contributed by atoms with Crippen LogP contribution in [-0.4, -0.2) is 19.3 Å². The van der Waals surface area contributed by atoms with E-state index in [9.17, 15) is 13.2 Å². The highest BCUT2D eigenvalue weighted by Gasteiger charge is 2.16. The van der Waals surface area contributed by atoms with Gasteiger partial charge in [-0.3, -0.25) is 4.79 Å². The molecule has 3 N–H and O–H groups in total. The summed E-state index contributed by atoms with van der Waals surface area (Å²) in [6.45, 7) is 0.135. The summed E-state index contributed by atoms with van der Waals surface area (Å²) in [6, 6.07) is 15.4. The van der Waals surface area contributed by atoms with Gasteiger partial charge in [0, 0.05) is 4.47 Å². The van der Waals surface area contributed by atoms with Gasteiger partial charge in [0.05, 0.1) is 27.2 Å². The van der Waals surface area contributed by atoms with E-state index in [1.54, 1.807) is 12.1 Å². The fourth-order valence-corrected chi connectivity index (χ4v) is 4.58. The summed E-state index contributed by atoms with van der Waals surface area (Å²) < 4.78 is 30.3. The Morgan fingerprint density at radius 1 is 1.17 bits per heavy atom. The molecule has 1 amide bonds. The molecule has 0 bridgehead atoms. The maximum atomic E-state index is 12.5. The van der Waals surface area contributed by atoms with Gasteiger partial charge in [0.15, 0.2) is 10.8 Å². The second-order valence-electron chi connectivity index (χ2n) is 6.12. The van der Waals surface area contributed by atoms with Crippen LogP contribution in [0.4, 0.5) is 0 Å². The Bertz CT molecular complexity index is 1300. The highest BCUT2D eigenvalue weighted by molar-refractivity contribution is 9.10. The second kappa shape index (κ2) is 7.71. The first-order valence-electron chi connectivity index (χ1n) is 8.36. The van der Waals surface area contributed by atoms with E-state index in [4.69, 9.17) is 9.56 Å². The highest BCUT2D eigenvalue weighted by atomic mass is 79.9. The Kier molecular flexibility index (Phi) is 5.26. The van der Waals surface area contributed by atoms with E-state index in [0.29, 0.717) is 16.0 Å². The Labute approximate surface area is 178 Å². The maximum absolute atomic E-state index is 12.5. The maximum Gasteiger partial charge on any atom is 0.252 e. The molecule has 2 aromatic heterocycles. The zero-order valence-electron chi connectivity index (χ0n) is 14.8. The quantitative estimate of drug-likeness (QED) is 0.439. The van der Waals surface area contributed by atoms with Gasteiger partial charge in [0.1, 0.15) is 5.76 Å². The number of hydrogen-bond acceptors (Lipinski definition) is 6. The van der Waals surface area contributed by atoms with Crippen LogP contribution in [0.3, 0.4) is 0 Å². The smallest absolute Gasteiger partial charge is 0.252 e. The van der Waals surface area contributed by atoms with Crippen LogP contribution in [0, 0.1) is 0 Å². The lowest BCUT2D eigenvalue weighted by Crippen LogP contribution is -2.23. The summed E-state index contributed by atoms with van der Waals surface area (Å²) in [7, 11) is -3.91. The molecular weight excluding hydrogens is 478 g/mol. The normalized spacial score (nSPS) is 11.7. The van der Waals surface area contributed by atoms with Crippen molar-refractivity contribution in [3.05, 3.63) is 70.4 Å². The van der Waals surface area contributed by atoms with E-state index in [1.807, 2.05) is 24.3 Å². The number of nitrogens with two attached hydrogens (primary N) is 1. The summed E-state index contributed by atoms with van der Waals surface area (Å²) in [5, 5.41) is 8.60. The Morgan fingerprint density at radius 3 is 2.72 bits per heavy atom. The van der Waals surface area contributed by atoms with Crippen LogP contribution in [0.25, 0.3) is 21.0 Å². The van der Waals surface area contributed by atoms with Crippen molar-refractivity contribution in [1.29, 1.82) is 0 Å². The summed E-state index contributed by atoms with van der Waals surface area (Å²) in [5.74, 6) is 0.708. The molecule has 2 heterocycles. The van der Waals surface area contributed by atoms with Gasteiger partial charge >= 0.3 is 0 Å². The number of sulfonamides is 1. The number of furan rings is 1. The molecule has 0 saturated heterocycles. The molecule has 0 radical (unpaired) electrons. The van der Waals surface area contributed by atoms with Crippen LogP contribution in [-0.2, 0) is 16.6 Å². The number of carbonyl (C=O) groups is 1. The molecule has 148 valence electrons. The van der Waals surface area contributed by atoms with Gasteiger partial charge in [-0.05, 0) is 58.4 Å². The minimum atomic E-state index is -3.91. The second-order valence-corrected chi connectivity index (χ2v) is 9.57. The molecule has 0 fully saturated rings. The SMILES string of the molecule is NS(=O)(=O)c1ccc(Br)c(C(=O)NCc2ccc(-c3nc4ccccc4s3)o2)c1. The number of primary sulfonamides is 1. The standard InChI is InChI=1S/C19H14BrN3O4S2/c20-14-7-6-12(29(21,25)26)9-13(14)18(24)22-10-11-5-8-16(27-11)19-23-15-3-1-2-4-17(15)28-19/h1-9H,10H2,(H,22,24)(H2,21,25,26). The zero-order valence-corrected chi connectivity index (χ0v) is 18.0. The minimum absolute atomic E-state index is 0.135. The minimum Gasteiger partial charge on any atom is -0.457 e. The van der Waals surface area contributed by atoms with E-state index < -0.39 is 15.9 Å². The number of halogens is 1. The first-order chi connectivity index (χ1) is 13.8. The van der Waals surface area contributed by atoms with Gasteiger partial charge in [-0.15, -0.1) is 11.3 Å². The number of nitrogens with one attached hydrogen (secondary N) is 1. The van der Waals surface area contributed by atoms with E-state index in [-0.39, 0.29) is 17.0 Å². The molecule has 29 heavy (non-hydrogen) atoms. The van der Waals surface area contributed by atoms with Crippen LogP contribution in [0.1, 0.15) is 16.1 Å². The monoisotopic (exact) mass is 491 g/mol. The lowest BCUT2D eigenvalue weighted by Gasteiger charge is -2.07. The number of hydrogen-bond donors (Lipinski definition) is 2.